The van der Waals surface area contributed by atoms with Gasteiger partial charge < -0.3 is 20.3 Å². The lowest BCUT2D eigenvalue weighted by Gasteiger charge is -2.12. The van der Waals surface area contributed by atoms with E-state index in [4.69, 9.17) is 4.74 Å². The van der Waals surface area contributed by atoms with Gasteiger partial charge >= 0.3 is 0 Å². The molecule has 0 saturated carbocycles. The van der Waals surface area contributed by atoms with Crippen LogP contribution in [0.2, 0.25) is 0 Å². The summed E-state index contributed by atoms with van der Waals surface area (Å²) in [7, 11) is 3.42. The number of nitrogens with zero attached hydrogens (tertiary/aromatic N) is 3. The summed E-state index contributed by atoms with van der Waals surface area (Å²) in [6, 6.07) is 7.67. The summed E-state index contributed by atoms with van der Waals surface area (Å²) in [6.07, 6.45) is 3.86. The topological polar surface area (TPSA) is 78.9 Å². The number of ether oxygens (including phenoxy) is 1. The second kappa shape index (κ2) is 14.2. The van der Waals surface area contributed by atoms with E-state index >= 15 is 0 Å². The van der Waals surface area contributed by atoms with Gasteiger partial charge in [0.05, 0.1) is 11.6 Å². The van der Waals surface area contributed by atoms with Crippen molar-refractivity contribution in [3.63, 3.8) is 0 Å². The number of amides is 1. The monoisotopic (exact) mass is 545 g/mol. The third-order valence-corrected chi connectivity index (χ3v) is 5.31. The summed E-state index contributed by atoms with van der Waals surface area (Å²) in [5.41, 5.74) is 1.02. The highest BCUT2D eigenvalue weighted by molar-refractivity contribution is 14.0. The number of aryl methyl sites for hydroxylation is 1. The quantitative estimate of drug-likeness (QED) is 0.273. The number of carbonyl (C=O) groups is 1. The number of carbonyl (C=O) groups excluding carboxylic acids is 1. The van der Waals surface area contributed by atoms with Crippen LogP contribution < -0.4 is 15.4 Å². The van der Waals surface area contributed by atoms with E-state index in [1.807, 2.05) is 37.4 Å². The summed E-state index contributed by atoms with van der Waals surface area (Å²) >= 11 is 1.77. The average Bonchev–Trinajstić information content (AvgIpc) is 3.18. The third-order valence-electron chi connectivity index (χ3n) is 4.10. The number of likely N-dealkylation sites (N-methyl/N-ethyl adjacent to an activating group) is 1. The van der Waals surface area contributed by atoms with Gasteiger partial charge in [0.2, 0.25) is 0 Å². The smallest absolute Gasteiger partial charge is 0.259 e. The van der Waals surface area contributed by atoms with E-state index in [1.54, 1.807) is 25.4 Å². The minimum absolute atomic E-state index is 0. The summed E-state index contributed by atoms with van der Waals surface area (Å²) in [4.78, 5) is 23.6. The molecule has 0 fully saturated rings. The van der Waals surface area contributed by atoms with Crippen LogP contribution in [0.4, 0.5) is 0 Å². The maximum Gasteiger partial charge on any atom is 0.259 e. The lowest BCUT2D eigenvalue weighted by atomic mass is 10.2. The second-order valence-electron chi connectivity index (χ2n) is 6.67. The molecule has 0 unspecified atom stereocenters. The molecule has 0 aliphatic rings. The first-order valence-electron chi connectivity index (χ1n) is 9.89. The number of benzene rings is 1. The number of thiazole rings is 1. The number of hydrogen-bond donors (Lipinski definition) is 2. The van der Waals surface area contributed by atoms with E-state index in [0.717, 1.165) is 42.5 Å². The van der Waals surface area contributed by atoms with E-state index in [0.29, 0.717) is 12.3 Å². The van der Waals surface area contributed by atoms with E-state index < -0.39 is 0 Å². The molecule has 0 saturated heterocycles. The second-order valence-corrected chi connectivity index (χ2v) is 7.87. The molecule has 2 rings (SSSR count). The zero-order chi connectivity index (χ0) is 21.1. The van der Waals surface area contributed by atoms with E-state index in [9.17, 15) is 4.79 Å². The van der Waals surface area contributed by atoms with Crippen molar-refractivity contribution in [3.05, 3.63) is 45.9 Å². The first-order valence-corrected chi connectivity index (χ1v) is 10.7. The van der Waals surface area contributed by atoms with Crippen molar-refractivity contribution in [1.29, 1.82) is 0 Å². The number of nitrogens with one attached hydrogen (secondary N) is 2. The highest BCUT2D eigenvalue weighted by Gasteiger charge is 2.06. The Labute approximate surface area is 200 Å². The lowest BCUT2D eigenvalue weighted by Crippen LogP contribution is -2.38. The Morgan fingerprint density at radius 2 is 2.07 bits per heavy atom. The SMILES string of the molecule is CCNC(=NCc1cccc(OCC(=O)N(C)C)c1)NCCc1ncc(CC)s1.I. The van der Waals surface area contributed by atoms with Gasteiger partial charge in [-0.1, -0.05) is 19.1 Å². The maximum absolute atomic E-state index is 11.7. The van der Waals surface area contributed by atoms with Crippen molar-refractivity contribution in [2.24, 2.45) is 4.99 Å². The molecule has 7 nitrogen and oxygen atoms in total. The lowest BCUT2D eigenvalue weighted by molar-refractivity contribution is -0.130. The summed E-state index contributed by atoms with van der Waals surface area (Å²) in [6.45, 7) is 6.30. The minimum atomic E-state index is -0.0710. The fourth-order valence-electron chi connectivity index (χ4n) is 2.43. The average molecular weight is 545 g/mol. The summed E-state index contributed by atoms with van der Waals surface area (Å²) < 4.78 is 5.57. The zero-order valence-electron chi connectivity index (χ0n) is 18.1. The molecule has 2 N–H and O–H groups in total. The first-order chi connectivity index (χ1) is 14.0. The predicted octanol–water partition coefficient (Wildman–Crippen LogP) is 3.09. The molecule has 0 aliphatic carbocycles. The third kappa shape index (κ3) is 9.29. The van der Waals surface area contributed by atoms with Gasteiger partial charge in [-0.15, -0.1) is 35.3 Å². The molecular formula is C21H32IN5O2S. The molecule has 0 atom stereocenters. The van der Waals surface area contributed by atoms with E-state index in [2.05, 4.69) is 27.5 Å². The number of aliphatic imine (C=N–C) groups is 1. The van der Waals surface area contributed by atoms with Gasteiger partial charge in [-0.3, -0.25) is 4.79 Å². The largest absolute Gasteiger partial charge is 0.484 e. The molecule has 1 amide bonds. The molecule has 2 aromatic rings. The Kier molecular flexibility index (Phi) is 12.4. The van der Waals surface area contributed by atoms with Crippen LogP contribution in [0.3, 0.4) is 0 Å². The number of rotatable bonds is 10. The van der Waals surface area contributed by atoms with Gasteiger partial charge in [0.25, 0.3) is 5.91 Å². The van der Waals surface area contributed by atoms with Crippen molar-refractivity contribution in [2.75, 3.05) is 33.8 Å². The van der Waals surface area contributed by atoms with Crippen molar-refractivity contribution in [1.82, 2.24) is 20.5 Å². The Morgan fingerprint density at radius 3 is 2.73 bits per heavy atom. The minimum Gasteiger partial charge on any atom is -0.484 e. The van der Waals surface area contributed by atoms with Crippen LogP contribution in [0, 0.1) is 0 Å². The van der Waals surface area contributed by atoms with E-state index in [-0.39, 0.29) is 36.5 Å². The van der Waals surface area contributed by atoms with Gasteiger partial charge in [0.15, 0.2) is 12.6 Å². The van der Waals surface area contributed by atoms with Crippen molar-refractivity contribution in [3.8, 4) is 5.75 Å². The molecule has 1 aromatic heterocycles. The maximum atomic E-state index is 11.7. The number of guanidine groups is 1. The van der Waals surface area contributed by atoms with Crippen molar-refractivity contribution >= 4 is 47.2 Å². The fourth-order valence-corrected chi connectivity index (χ4v) is 3.30. The Hall–Kier alpha value is -1.88. The fraction of sp³-hybridized carbons (Fsp3) is 0.476. The number of hydrogen-bond acceptors (Lipinski definition) is 5. The van der Waals surface area contributed by atoms with Gasteiger partial charge in [-0.05, 0) is 31.0 Å². The molecular weight excluding hydrogens is 513 g/mol. The number of aromatic nitrogens is 1. The van der Waals surface area contributed by atoms with Crippen LogP contribution in [-0.4, -0.2) is 55.5 Å². The first kappa shape index (κ1) is 26.2. The molecule has 9 heteroatoms. The van der Waals surface area contributed by atoms with Crippen molar-refractivity contribution < 1.29 is 9.53 Å². The Balaban J connectivity index is 0.00000450. The van der Waals surface area contributed by atoms with Gasteiger partial charge in [0, 0.05) is 44.7 Å². The van der Waals surface area contributed by atoms with Gasteiger partial charge in [-0.2, -0.15) is 0 Å². The molecule has 1 aromatic carbocycles. The van der Waals surface area contributed by atoms with Crippen LogP contribution in [0.1, 0.15) is 29.3 Å². The van der Waals surface area contributed by atoms with Crippen LogP contribution in [0.25, 0.3) is 0 Å². The predicted molar refractivity (Wildman–Crippen MR) is 134 cm³/mol. The summed E-state index contributed by atoms with van der Waals surface area (Å²) in [5.74, 6) is 1.37. The number of halogens is 1. The molecule has 166 valence electrons. The van der Waals surface area contributed by atoms with Crippen LogP contribution >= 0.6 is 35.3 Å². The normalized spacial score (nSPS) is 10.9. The van der Waals surface area contributed by atoms with Gasteiger partial charge in [0.1, 0.15) is 5.75 Å². The molecule has 0 bridgehead atoms. The highest BCUT2D eigenvalue weighted by atomic mass is 127. The van der Waals surface area contributed by atoms with Crippen LogP contribution in [0.5, 0.6) is 5.75 Å². The van der Waals surface area contributed by atoms with E-state index in [1.165, 1.54) is 9.78 Å². The summed E-state index contributed by atoms with van der Waals surface area (Å²) in [5, 5.41) is 7.76. The van der Waals surface area contributed by atoms with Crippen molar-refractivity contribution in [2.45, 2.75) is 33.2 Å². The molecule has 30 heavy (non-hydrogen) atoms. The molecule has 0 spiro atoms. The standard InChI is InChI=1S/C21H31N5O2S.HI/c1-5-18-14-24-19(29-18)10-11-23-21(22-6-2)25-13-16-8-7-9-17(12-16)28-15-20(27)26(3)4;/h7-9,12,14H,5-6,10-11,13,15H2,1-4H3,(H2,22,23,25);1H. The Bertz CT molecular complexity index is 810. The molecule has 1 heterocycles. The zero-order valence-corrected chi connectivity index (χ0v) is 21.3. The van der Waals surface area contributed by atoms with Gasteiger partial charge in [-0.25, -0.2) is 9.98 Å². The van der Waals surface area contributed by atoms with Crippen LogP contribution in [0.15, 0.2) is 35.5 Å². The Morgan fingerprint density at radius 1 is 1.27 bits per heavy atom. The molecule has 0 aliphatic heterocycles. The highest BCUT2D eigenvalue weighted by Crippen LogP contribution is 2.15. The molecule has 0 radical (unpaired) electrons. The van der Waals surface area contributed by atoms with Crippen LogP contribution in [-0.2, 0) is 24.2 Å².